The van der Waals surface area contributed by atoms with Crippen molar-refractivity contribution in [3.63, 3.8) is 0 Å². The van der Waals surface area contributed by atoms with Crippen molar-refractivity contribution >= 4 is 5.97 Å². The zero-order valence-corrected chi connectivity index (χ0v) is 8.47. The van der Waals surface area contributed by atoms with Gasteiger partial charge in [-0.1, -0.05) is 0 Å². The van der Waals surface area contributed by atoms with E-state index in [1.807, 2.05) is 0 Å². The lowest BCUT2D eigenvalue weighted by molar-refractivity contribution is -0.156. The van der Waals surface area contributed by atoms with E-state index in [2.05, 4.69) is 0 Å². The third-order valence-electron chi connectivity index (χ3n) is 1.36. The first-order chi connectivity index (χ1) is 5.87. The van der Waals surface area contributed by atoms with Crippen LogP contribution in [0.1, 0.15) is 33.6 Å². The van der Waals surface area contributed by atoms with Crippen LogP contribution in [0, 0.1) is 0 Å². The van der Waals surface area contributed by atoms with Gasteiger partial charge in [-0.3, -0.25) is 9.18 Å². The maximum absolute atomic E-state index is 11.7. The van der Waals surface area contributed by atoms with Crippen molar-refractivity contribution in [3.05, 3.63) is 0 Å². The van der Waals surface area contributed by atoms with Crippen molar-refractivity contribution in [2.75, 3.05) is 6.67 Å². The highest BCUT2D eigenvalue weighted by Crippen LogP contribution is 2.09. The molecule has 1 atom stereocenters. The normalized spacial score (nSPS) is 13.9. The molecule has 2 N–H and O–H groups in total. The lowest BCUT2D eigenvalue weighted by Gasteiger charge is -2.21. The van der Waals surface area contributed by atoms with E-state index in [1.165, 1.54) is 0 Å². The van der Waals surface area contributed by atoms with Gasteiger partial charge in [-0.15, -0.1) is 0 Å². The van der Waals surface area contributed by atoms with Gasteiger partial charge in [-0.25, -0.2) is 0 Å². The molecule has 0 rings (SSSR count). The van der Waals surface area contributed by atoms with Crippen molar-refractivity contribution in [1.82, 2.24) is 0 Å². The minimum Gasteiger partial charge on any atom is -0.459 e. The van der Waals surface area contributed by atoms with Crippen LogP contribution in [0.5, 0.6) is 0 Å². The van der Waals surface area contributed by atoms with Crippen molar-refractivity contribution in [2.24, 2.45) is 5.73 Å². The molecule has 0 amide bonds. The Kier molecular flexibility index (Phi) is 4.91. The summed E-state index contributed by atoms with van der Waals surface area (Å²) in [5, 5.41) is 0. The fourth-order valence-electron chi connectivity index (χ4n) is 0.792. The van der Waals surface area contributed by atoms with Crippen LogP contribution in [-0.4, -0.2) is 24.3 Å². The van der Waals surface area contributed by atoms with E-state index in [1.54, 1.807) is 20.8 Å². The van der Waals surface area contributed by atoms with Gasteiger partial charge in [0, 0.05) is 0 Å². The van der Waals surface area contributed by atoms with Crippen molar-refractivity contribution in [3.8, 4) is 0 Å². The number of carbonyl (C=O) groups excluding carboxylic acids is 1. The summed E-state index contributed by atoms with van der Waals surface area (Å²) in [6.45, 7) is 4.86. The summed E-state index contributed by atoms with van der Waals surface area (Å²) in [5.41, 5.74) is 4.95. The molecule has 0 aromatic heterocycles. The number of esters is 1. The van der Waals surface area contributed by atoms with E-state index in [-0.39, 0.29) is 0 Å². The first-order valence-corrected chi connectivity index (χ1v) is 4.41. The average molecular weight is 191 g/mol. The van der Waals surface area contributed by atoms with Gasteiger partial charge in [0.15, 0.2) is 0 Å². The molecule has 0 aliphatic heterocycles. The van der Waals surface area contributed by atoms with E-state index in [4.69, 9.17) is 10.5 Å². The summed E-state index contributed by atoms with van der Waals surface area (Å²) in [6, 6.07) is -0.699. The van der Waals surface area contributed by atoms with Crippen LogP contribution in [-0.2, 0) is 9.53 Å². The maximum Gasteiger partial charge on any atom is 0.323 e. The second kappa shape index (κ2) is 5.17. The van der Waals surface area contributed by atoms with Crippen molar-refractivity contribution in [1.29, 1.82) is 0 Å². The lowest BCUT2D eigenvalue weighted by Crippen LogP contribution is -2.37. The Bertz CT molecular complexity index is 165. The first kappa shape index (κ1) is 12.4. The van der Waals surface area contributed by atoms with Gasteiger partial charge >= 0.3 is 5.97 Å². The van der Waals surface area contributed by atoms with Gasteiger partial charge in [0.1, 0.15) is 11.6 Å². The Morgan fingerprint density at radius 3 is 2.46 bits per heavy atom. The Morgan fingerprint density at radius 2 is 2.08 bits per heavy atom. The molecule has 0 aromatic rings. The molecule has 0 fully saturated rings. The van der Waals surface area contributed by atoms with Crippen LogP contribution in [0.25, 0.3) is 0 Å². The third-order valence-corrected chi connectivity index (χ3v) is 1.36. The highest BCUT2D eigenvalue weighted by Gasteiger charge is 2.21. The molecule has 0 radical (unpaired) electrons. The molecule has 0 heterocycles. The van der Waals surface area contributed by atoms with E-state index >= 15 is 0 Å². The predicted octanol–water partition coefficient (Wildman–Crippen LogP) is 1.41. The summed E-state index contributed by atoms with van der Waals surface area (Å²) in [7, 11) is 0. The predicted molar refractivity (Wildman–Crippen MR) is 49.0 cm³/mol. The number of hydrogen-bond donors (Lipinski definition) is 1. The van der Waals surface area contributed by atoms with Crippen LogP contribution < -0.4 is 5.73 Å². The van der Waals surface area contributed by atoms with Crippen LogP contribution in [0.2, 0.25) is 0 Å². The standard InChI is InChI=1S/C9H18FNO2/c1-9(2,3)13-8(12)7(11)5-4-6-10/h7H,4-6,11H2,1-3H3. The number of hydrogen-bond acceptors (Lipinski definition) is 3. The van der Waals surface area contributed by atoms with Crippen LogP contribution in [0.3, 0.4) is 0 Å². The second-order valence-electron chi connectivity index (χ2n) is 3.97. The third kappa shape index (κ3) is 6.51. The average Bonchev–Trinajstić information content (AvgIpc) is 1.96. The van der Waals surface area contributed by atoms with E-state index in [0.717, 1.165) is 0 Å². The monoisotopic (exact) mass is 191 g/mol. The molecule has 0 aliphatic carbocycles. The van der Waals surface area contributed by atoms with E-state index in [0.29, 0.717) is 12.8 Å². The number of nitrogens with two attached hydrogens (primary N) is 1. The molecule has 0 saturated heterocycles. The maximum atomic E-state index is 11.7. The minimum atomic E-state index is -0.699. The van der Waals surface area contributed by atoms with Gasteiger partial charge in [-0.05, 0) is 33.6 Å². The number of carbonyl (C=O) groups is 1. The smallest absolute Gasteiger partial charge is 0.323 e. The van der Waals surface area contributed by atoms with Crippen molar-refractivity contribution in [2.45, 2.75) is 45.3 Å². The fourth-order valence-corrected chi connectivity index (χ4v) is 0.792. The van der Waals surface area contributed by atoms with Gasteiger partial charge in [-0.2, -0.15) is 0 Å². The summed E-state index contributed by atoms with van der Waals surface area (Å²) in [5.74, 6) is -0.457. The number of rotatable bonds is 4. The molecule has 0 saturated carbocycles. The molecule has 0 aromatic carbocycles. The molecule has 78 valence electrons. The number of halogens is 1. The highest BCUT2D eigenvalue weighted by molar-refractivity contribution is 5.75. The van der Waals surface area contributed by atoms with Crippen LogP contribution in [0.4, 0.5) is 4.39 Å². The molecule has 0 aliphatic rings. The number of alkyl halides is 1. The van der Waals surface area contributed by atoms with Crippen LogP contribution >= 0.6 is 0 Å². The Labute approximate surface area is 78.4 Å². The summed E-state index contributed by atoms with van der Waals surface area (Å²) < 4.78 is 16.8. The topological polar surface area (TPSA) is 52.3 Å². The van der Waals surface area contributed by atoms with Gasteiger partial charge in [0.2, 0.25) is 0 Å². The van der Waals surface area contributed by atoms with Gasteiger partial charge in [0.25, 0.3) is 0 Å². The lowest BCUT2D eigenvalue weighted by atomic mass is 10.1. The molecule has 0 bridgehead atoms. The fraction of sp³-hybridized carbons (Fsp3) is 0.889. The molecule has 1 unspecified atom stereocenters. The largest absolute Gasteiger partial charge is 0.459 e. The first-order valence-electron chi connectivity index (χ1n) is 4.41. The summed E-state index contributed by atoms with van der Waals surface area (Å²) in [4.78, 5) is 11.2. The molecule has 4 heteroatoms. The van der Waals surface area contributed by atoms with E-state index < -0.39 is 24.3 Å². The Morgan fingerprint density at radius 1 is 1.54 bits per heavy atom. The number of ether oxygens (including phenoxy) is 1. The second-order valence-corrected chi connectivity index (χ2v) is 3.97. The Balaban J connectivity index is 3.83. The minimum absolute atomic E-state index is 0.306. The van der Waals surface area contributed by atoms with Gasteiger partial charge < -0.3 is 10.5 Å². The summed E-state index contributed by atoms with van der Waals surface area (Å²) >= 11 is 0. The van der Waals surface area contributed by atoms with Crippen molar-refractivity contribution < 1.29 is 13.9 Å². The molecule has 13 heavy (non-hydrogen) atoms. The Hall–Kier alpha value is -0.640. The molecule has 0 spiro atoms. The summed E-state index contributed by atoms with van der Waals surface area (Å²) in [6.07, 6.45) is 0.645. The molecule has 3 nitrogen and oxygen atoms in total. The molecular formula is C9H18FNO2. The highest BCUT2D eigenvalue weighted by atomic mass is 19.1. The van der Waals surface area contributed by atoms with E-state index in [9.17, 15) is 9.18 Å². The van der Waals surface area contributed by atoms with Crippen LogP contribution in [0.15, 0.2) is 0 Å². The SMILES string of the molecule is CC(C)(C)OC(=O)C(N)CCCF. The quantitative estimate of drug-likeness (QED) is 0.683. The molecular weight excluding hydrogens is 173 g/mol. The zero-order chi connectivity index (χ0) is 10.5. The zero-order valence-electron chi connectivity index (χ0n) is 8.47. The van der Waals surface area contributed by atoms with Gasteiger partial charge in [0.05, 0.1) is 6.67 Å².